The van der Waals surface area contributed by atoms with Crippen LogP contribution in [0.1, 0.15) is 0 Å². The Morgan fingerprint density at radius 2 is 2.11 bits per heavy atom. The van der Waals surface area contributed by atoms with Crippen LogP contribution >= 0.6 is 0 Å². The lowest BCUT2D eigenvalue weighted by atomic mass is 10.3. The molecule has 0 aliphatic heterocycles. The zero-order valence-corrected chi connectivity index (χ0v) is 4.79. The van der Waals surface area contributed by atoms with E-state index in [1.54, 1.807) is 6.26 Å². The van der Waals surface area contributed by atoms with Crippen molar-refractivity contribution in [2.24, 2.45) is 0 Å². The Labute approximate surface area is 52.9 Å². The average Bonchev–Trinajstić information content (AvgIpc) is 2.33. The molecule has 1 heterocycles. The molecular formula is C8H5O. The number of fused-ring (bicyclic) bond motifs is 1. The van der Waals surface area contributed by atoms with E-state index in [9.17, 15) is 0 Å². The van der Waals surface area contributed by atoms with E-state index in [4.69, 9.17) is 4.42 Å². The zero-order chi connectivity index (χ0) is 6.10. The summed E-state index contributed by atoms with van der Waals surface area (Å²) in [6.45, 7) is 0. The summed E-state index contributed by atoms with van der Waals surface area (Å²) in [5.41, 5.74) is 0.900. The van der Waals surface area contributed by atoms with Crippen molar-refractivity contribution in [2.75, 3.05) is 0 Å². The summed E-state index contributed by atoms with van der Waals surface area (Å²) in [5, 5.41) is 1.04. The lowest BCUT2D eigenvalue weighted by Gasteiger charge is -1.81. The second-order valence-corrected chi connectivity index (χ2v) is 1.88. The van der Waals surface area contributed by atoms with Gasteiger partial charge in [-0.1, -0.05) is 18.2 Å². The van der Waals surface area contributed by atoms with Gasteiger partial charge >= 0.3 is 0 Å². The van der Waals surface area contributed by atoms with Crippen LogP contribution in [0.2, 0.25) is 0 Å². The second-order valence-electron chi connectivity index (χ2n) is 1.88. The van der Waals surface area contributed by atoms with Crippen LogP contribution in [0.3, 0.4) is 0 Å². The molecule has 2 aromatic rings. The highest BCUT2D eigenvalue weighted by Gasteiger charge is 1.90. The molecule has 1 aromatic carbocycles. The molecule has 1 aromatic heterocycles. The summed E-state index contributed by atoms with van der Waals surface area (Å²) >= 11 is 0. The Bertz CT molecular complexity index is 279. The fraction of sp³-hybridized carbons (Fsp3) is 0. The molecule has 0 bridgehead atoms. The average molecular weight is 117 g/mol. The third-order valence-electron chi connectivity index (χ3n) is 1.29. The van der Waals surface area contributed by atoms with Crippen molar-refractivity contribution in [1.82, 2.24) is 0 Å². The third-order valence-corrected chi connectivity index (χ3v) is 1.29. The van der Waals surface area contributed by atoms with Gasteiger partial charge in [-0.05, 0) is 6.07 Å². The van der Waals surface area contributed by atoms with E-state index in [-0.39, 0.29) is 0 Å². The van der Waals surface area contributed by atoms with Gasteiger partial charge in [-0.2, -0.15) is 0 Å². The van der Waals surface area contributed by atoms with E-state index >= 15 is 0 Å². The Kier molecular flexibility index (Phi) is 0.833. The number of para-hydroxylation sites is 1. The van der Waals surface area contributed by atoms with Crippen molar-refractivity contribution in [1.29, 1.82) is 0 Å². The van der Waals surface area contributed by atoms with Gasteiger partial charge in [0, 0.05) is 11.5 Å². The van der Waals surface area contributed by atoms with Crippen LogP contribution in [0.15, 0.2) is 34.9 Å². The predicted molar refractivity (Wildman–Crippen MR) is 35.1 cm³/mol. The molecule has 0 fully saturated rings. The fourth-order valence-corrected chi connectivity index (χ4v) is 0.845. The van der Waals surface area contributed by atoms with Crippen molar-refractivity contribution in [3.8, 4) is 0 Å². The third kappa shape index (κ3) is 0.617. The number of benzene rings is 1. The SMILES string of the molecule is [c]1coc2ccccc12. The van der Waals surface area contributed by atoms with E-state index in [1.165, 1.54) is 0 Å². The van der Waals surface area contributed by atoms with E-state index < -0.39 is 0 Å². The summed E-state index contributed by atoms with van der Waals surface area (Å²) in [6.07, 6.45) is 1.57. The molecule has 1 nitrogen and oxygen atoms in total. The van der Waals surface area contributed by atoms with Crippen LogP contribution in [0.25, 0.3) is 11.0 Å². The monoisotopic (exact) mass is 117 g/mol. The molecule has 0 N–H and O–H groups in total. The smallest absolute Gasteiger partial charge is 0.134 e. The lowest BCUT2D eigenvalue weighted by molar-refractivity contribution is 0.615. The highest BCUT2D eigenvalue weighted by molar-refractivity contribution is 5.75. The Hall–Kier alpha value is -1.24. The van der Waals surface area contributed by atoms with Crippen molar-refractivity contribution >= 4 is 11.0 Å². The van der Waals surface area contributed by atoms with Gasteiger partial charge in [0.1, 0.15) is 5.58 Å². The van der Waals surface area contributed by atoms with Gasteiger partial charge in [-0.25, -0.2) is 0 Å². The summed E-state index contributed by atoms with van der Waals surface area (Å²) in [4.78, 5) is 0. The van der Waals surface area contributed by atoms with Gasteiger partial charge in [-0.3, -0.25) is 0 Å². The van der Waals surface area contributed by atoms with Crippen molar-refractivity contribution in [3.05, 3.63) is 36.6 Å². The molecule has 0 atom stereocenters. The topological polar surface area (TPSA) is 13.1 Å². The van der Waals surface area contributed by atoms with Gasteiger partial charge in [0.25, 0.3) is 0 Å². The second kappa shape index (κ2) is 1.62. The highest BCUT2D eigenvalue weighted by atomic mass is 16.3. The maximum Gasteiger partial charge on any atom is 0.134 e. The summed E-state index contributed by atoms with van der Waals surface area (Å²) in [7, 11) is 0. The highest BCUT2D eigenvalue weighted by Crippen LogP contribution is 2.12. The maximum atomic E-state index is 5.06. The molecule has 1 radical (unpaired) electrons. The Balaban J connectivity index is 2.95. The quantitative estimate of drug-likeness (QED) is 0.515. The van der Waals surface area contributed by atoms with Crippen LogP contribution in [0.5, 0.6) is 0 Å². The van der Waals surface area contributed by atoms with Gasteiger partial charge in [0.05, 0.1) is 6.26 Å². The number of furan rings is 1. The molecule has 0 unspecified atom stereocenters. The summed E-state index contributed by atoms with van der Waals surface area (Å²) in [5.74, 6) is 0. The van der Waals surface area contributed by atoms with E-state index in [1.807, 2.05) is 24.3 Å². The van der Waals surface area contributed by atoms with Crippen LogP contribution in [0.4, 0.5) is 0 Å². The van der Waals surface area contributed by atoms with Crippen LogP contribution in [-0.4, -0.2) is 0 Å². The van der Waals surface area contributed by atoms with Gasteiger partial charge in [0.2, 0.25) is 0 Å². The van der Waals surface area contributed by atoms with Crippen molar-refractivity contribution in [3.63, 3.8) is 0 Å². The maximum absolute atomic E-state index is 5.06. The molecule has 1 heteroatoms. The Morgan fingerprint density at radius 3 is 3.00 bits per heavy atom. The summed E-state index contributed by atoms with van der Waals surface area (Å²) < 4.78 is 5.06. The zero-order valence-electron chi connectivity index (χ0n) is 4.79. The first kappa shape index (κ1) is 4.62. The molecule has 0 aliphatic rings. The fourth-order valence-electron chi connectivity index (χ4n) is 0.845. The molecule has 0 aliphatic carbocycles. The number of rotatable bonds is 0. The first-order chi connectivity index (χ1) is 4.47. The predicted octanol–water partition coefficient (Wildman–Crippen LogP) is 2.23. The van der Waals surface area contributed by atoms with Crippen LogP contribution < -0.4 is 0 Å². The van der Waals surface area contributed by atoms with E-state index in [2.05, 4.69) is 6.07 Å². The molecule has 43 valence electrons. The van der Waals surface area contributed by atoms with Crippen molar-refractivity contribution < 1.29 is 4.42 Å². The standard InChI is InChI=1S/C8H5O/c1-2-4-8-7(3-1)5-6-9-8/h1-4,6H. The lowest BCUT2D eigenvalue weighted by Crippen LogP contribution is -1.58. The Morgan fingerprint density at radius 1 is 1.22 bits per heavy atom. The number of hydrogen-bond acceptors (Lipinski definition) is 1. The van der Waals surface area contributed by atoms with E-state index in [0.29, 0.717) is 0 Å². The molecule has 9 heavy (non-hydrogen) atoms. The molecular weight excluding hydrogens is 112 g/mol. The molecule has 0 amide bonds. The van der Waals surface area contributed by atoms with Crippen LogP contribution in [0, 0.1) is 6.07 Å². The number of hydrogen-bond donors (Lipinski definition) is 0. The van der Waals surface area contributed by atoms with Crippen molar-refractivity contribution in [2.45, 2.75) is 0 Å². The minimum Gasteiger partial charge on any atom is -0.464 e. The first-order valence-corrected chi connectivity index (χ1v) is 2.81. The van der Waals surface area contributed by atoms with Crippen LogP contribution in [-0.2, 0) is 0 Å². The largest absolute Gasteiger partial charge is 0.464 e. The van der Waals surface area contributed by atoms with E-state index in [0.717, 1.165) is 11.0 Å². The molecule has 0 spiro atoms. The van der Waals surface area contributed by atoms with Gasteiger partial charge < -0.3 is 4.42 Å². The molecule has 2 rings (SSSR count). The minimum absolute atomic E-state index is 0.900. The molecule has 0 saturated carbocycles. The first-order valence-electron chi connectivity index (χ1n) is 2.81. The minimum atomic E-state index is 0.900. The molecule has 0 saturated heterocycles. The summed E-state index contributed by atoms with van der Waals surface area (Å²) in [6, 6.07) is 10.8. The van der Waals surface area contributed by atoms with Gasteiger partial charge in [0.15, 0.2) is 0 Å². The van der Waals surface area contributed by atoms with Gasteiger partial charge in [-0.15, -0.1) is 0 Å². The normalized spacial score (nSPS) is 10.2.